The van der Waals surface area contributed by atoms with Gasteiger partial charge in [0.2, 0.25) is 5.76 Å². The third-order valence-electron chi connectivity index (χ3n) is 2.45. The van der Waals surface area contributed by atoms with Gasteiger partial charge < -0.3 is 14.5 Å². The van der Waals surface area contributed by atoms with Crippen LogP contribution >= 0.6 is 0 Å². The van der Waals surface area contributed by atoms with Crippen molar-refractivity contribution < 1.29 is 31.9 Å². The molecule has 1 heterocycles. The predicted molar refractivity (Wildman–Crippen MR) is 65.6 cm³/mol. The second-order valence-electron chi connectivity index (χ2n) is 4.12. The molecule has 1 aromatic heterocycles. The Balaban J connectivity index is 1.88. The van der Waals surface area contributed by atoms with Gasteiger partial charge in [-0.1, -0.05) is 18.2 Å². The third-order valence-corrected chi connectivity index (χ3v) is 2.45. The summed E-state index contributed by atoms with van der Waals surface area (Å²) in [6, 6.07) is 8.24. The Labute approximate surface area is 116 Å². The summed E-state index contributed by atoms with van der Waals surface area (Å²) < 4.78 is 45.3. The Morgan fingerprint density at radius 1 is 1.24 bits per heavy atom. The Bertz CT molecular complexity index is 630. The molecule has 2 rings (SSSR count). The number of carbonyl (C=O) groups is 2. The van der Waals surface area contributed by atoms with Crippen LogP contribution in [0.5, 0.6) is 0 Å². The summed E-state index contributed by atoms with van der Waals surface area (Å²) in [5.41, 5.74) is 0.464. The summed E-state index contributed by atoms with van der Waals surface area (Å²) in [7, 11) is 0. The smallest absolute Gasteiger partial charge is 0.405 e. The van der Waals surface area contributed by atoms with Crippen LogP contribution in [0.15, 0.2) is 34.7 Å². The molecule has 0 aliphatic rings. The molecule has 0 saturated carbocycles. The number of rotatable bonds is 4. The molecule has 112 valence electrons. The average Bonchev–Trinajstić information content (AvgIpc) is 2.85. The van der Waals surface area contributed by atoms with E-state index >= 15 is 0 Å². The molecule has 0 radical (unpaired) electrons. The van der Waals surface area contributed by atoms with Crippen LogP contribution in [0.3, 0.4) is 0 Å². The van der Waals surface area contributed by atoms with Gasteiger partial charge in [0.1, 0.15) is 12.1 Å². The van der Waals surface area contributed by atoms with Crippen LogP contribution in [0.2, 0.25) is 0 Å². The van der Waals surface area contributed by atoms with Crippen molar-refractivity contribution in [1.82, 2.24) is 5.32 Å². The van der Waals surface area contributed by atoms with Gasteiger partial charge in [-0.15, -0.1) is 0 Å². The lowest BCUT2D eigenvalue weighted by Gasteiger charge is -2.08. The van der Waals surface area contributed by atoms with Crippen LogP contribution in [0.4, 0.5) is 13.2 Å². The van der Waals surface area contributed by atoms with Crippen molar-refractivity contribution in [3.63, 3.8) is 0 Å². The number of hydrogen-bond acceptors (Lipinski definition) is 4. The highest BCUT2D eigenvalue weighted by Crippen LogP contribution is 2.19. The van der Waals surface area contributed by atoms with Crippen LogP contribution in [0, 0.1) is 0 Å². The lowest BCUT2D eigenvalue weighted by Crippen LogP contribution is -2.36. The largest absolute Gasteiger partial charge is 0.450 e. The van der Waals surface area contributed by atoms with E-state index in [1.54, 1.807) is 29.6 Å². The molecule has 21 heavy (non-hydrogen) atoms. The summed E-state index contributed by atoms with van der Waals surface area (Å²) >= 11 is 0. The van der Waals surface area contributed by atoms with E-state index in [-0.39, 0.29) is 5.76 Å². The molecule has 0 fully saturated rings. The molecule has 0 aliphatic heterocycles. The molecule has 5 nitrogen and oxygen atoms in total. The number of amides is 1. The number of furan rings is 1. The minimum Gasteiger partial charge on any atom is -0.450 e. The molecule has 0 saturated heterocycles. The summed E-state index contributed by atoms with van der Waals surface area (Å²) in [6.07, 6.45) is -4.52. The van der Waals surface area contributed by atoms with E-state index in [2.05, 4.69) is 4.74 Å². The number of halogens is 3. The summed E-state index contributed by atoms with van der Waals surface area (Å²) in [5, 5.41) is 2.26. The van der Waals surface area contributed by atoms with Gasteiger partial charge in [-0.05, 0) is 12.1 Å². The molecule has 1 N–H and O–H groups in total. The molecule has 0 atom stereocenters. The average molecular weight is 301 g/mol. The first-order valence-corrected chi connectivity index (χ1v) is 5.84. The van der Waals surface area contributed by atoms with Crippen molar-refractivity contribution in [1.29, 1.82) is 0 Å². The van der Waals surface area contributed by atoms with E-state index in [1.807, 2.05) is 0 Å². The lowest BCUT2D eigenvalue weighted by molar-refractivity contribution is -0.140. The molecule has 2 aromatic rings. The normalized spacial score (nSPS) is 11.4. The number of carbonyl (C=O) groups excluding carboxylic acids is 2. The van der Waals surface area contributed by atoms with Gasteiger partial charge in [-0.25, -0.2) is 4.79 Å². The zero-order valence-corrected chi connectivity index (χ0v) is 10.6. The van der Waals surface area contributed by atoms with E-state index < -0.39 is 31.2 Å². The number of esters is 1. The number of fused-ring (bicyclic) bond motifs is 1. The number of alkyl halides is 3. The number of para-hydroxylation sites is 1. The fourth-order valence-corrected chi connectivity index (χ4v) is 1.53. The van der Waals surface area contributed by atoms with Gasteiger partial charge in [-0.3, -0.25) is 4.79 Å². The Hall–Kier alpha value is -2.51. The number of ether oxygens (including phenoxy) is 1. The van der Waals surface area contributed by atoms with Crippen molar-refractivity contribution in [2.24, 2.45) is 0 Å². The molecular formula is C13H10F3NO4. The van der Waals surface area contributed by atoms with E-state index in [1.165, 1.54) is 6.07 Å². The maximum Gasteiger partial charge on any atom is 0.405 e. The first kappa shape index (κ1) is 14.9. The highest BCUT2D eigenvalue weighted by Gasteiger charge is 2.28. The highest BCUT2D eigenvalue weighted by atomic mass is 19.4. The van der Waals surface area contributed by atoms with Gasteiger partial charge in [0.05, 0.1) is 0 Å². The first-order valence-electron chi connectivity index (χ1n) is 5.84. The quantitative estimate of drug-likeness (QED) is 0.880. The zero-order valence-electron chi connectivity index (χ0n) is 10.6. The first-order chi connectivity index (χ1) is 9.85. The molecule has 0 bridgehead atoms. The topological polar surface area (TPSA) is 68.5 Å². The number of benzene rings is 1. The maximum absolute atomic E-state index is 11.9. The second kappa shape index (κ2) is 5.86. The van der Waals surface area contributed by atoms with Crippen LogP contribution in [-0.2, 0) is 9.53 Å². The van der Waals surface area contributed by atoms with Gasteiger partial charge >= 0.3 is 12.1 Å². The van der Waals surface area contributed by atoms with Crippen LogP contribution in [-0.4, -0.2) is 31.2 Å². The predicted octanol–water partition coefficient (Wildman–Crippen LogP) is 2.27. The maximum atomic E-state index is 11.9. The fraction of sp³-hybridized carbons (Fsp3) is 0.231. The van der Waals surface area contributed by atoms with Gasteiger partial charge in [0.15, 0.2) is 6.61 Å². The van der Waals surface area contributed by atoms with E-state index in [0.717, 1.165) is 0 Å². The fourth-order valence-electron chi connectivity index (χ4n) is 1.53. The van der Waals surface area contributed by atoms with Crippen molar-refractivity contribution in [2.45, 2.75) is 6.18 Å². The zero-order chi connectivity index (χ0) is 15.5. The van der Waals surface area contributed by atoms with Crippen LogP contribution in [0.25, 0.3) is 11.0 Å². The third kappa shape index (κ3) is 4.23. The Morgan fingerprint density at radius 2 is 1.95 bits per heavy atom. The summed E-state index contributed by atoms with van der Waals surface area (Å²) in [6.45, 7) is -2.29. The molecular weight excluding hydrogens is 291 g/mol. The van der Waals surface area contributed by atoms with Crippen molar-refractivity contribution in [3.05, 3.63) is 36.1 Å². The highest BCUT2D eigenvalue weighted by molar-refractivity contribution is 5.93. The van der Waals surface area contributed by atoms with Crippen molar-refractivity contribution in [2.75, 3.05) is 13.2 Å². The number of nitrogens with one attached hydrogen (secondary N) is 1. The molecule has 8 heteroatoms. The number of hydrogen-bond donors (Lipinski definition) is 1. The monoisotopic (exact) mass is 301 g/mol. The van der Waals surface area contributed by atoms with Crippen molar-refractivity contribution >= 4 is 22.8 Å². The molecule has 0 aliphatic carbocycles. The Kier molecular flexibility index (Phi) is 4.15. The Morgan fingerprint density at radius 3 is 2.62 bits per heavy atom. The van der Waals surface area contributed by atoms with E-state index in [4.69, 9.17) is 4.42 Å². The van der Waals surface area contributed by atoms with Crippen LogP contribution < -0.4 is 5.32 Å². The van der Waals surface area contributed by atoms with Crippen LogP contribution in [0.1, 0.15) is 10.6 Å². The molecule has 0 unspecified atom stereocenters. The minimum atomic E-state index is -4.52. The minimum absolute atomic E-state index is 0.125. The summed E-state index contributed by atoms with van der Waals surface area (Å²) in [4.78, 5) is 22.7. The summed E-state index contributed by atoms with van der Waals surface area (Å²) in [5.74, 6) is -2.09. The van der Waals surface area contributed by atoms with Gasteiger partial charge in [-0.2, -0.15) is 13.2 Å². The van der Waals surface area contributed by atoms with Crippen molar-refractivity contribution in [3.8, 4) is 0 Å². The van der Waals surface area contributed by atoms with Gasteiger partial charge in [0.25, 0.3) is 5.91 Å². The second-order valence-corrected chi connectivity index (χ2v) is 4.12. The molecule has 1 aromatic carbocycles. The molecule has 1 amide bonds. The SMILES string of the molecule is O=C(COC(=O)c1cc2ccccc2o1)NCC(F)(F)F. The van der Waals surface area contributed by atoms with Gasteiger partial charge in [0, 0.05) is 5.39 Å². The van der Waals surface area contributed by atoms with E-state index in [0.29, 0.717) is 11.0 Å². The van der Waals surface area contributed by atoms with E-state index in [9.17, 15) is 22.8 Å². The standard InChI is InChI=1S/C13H10F3NO4/c14-13(15,16)7-17-11(18)6-20-12(19)10-5-8-3-1-2-4-9(8)21-10/h1-5H,6-7H2,(H,17,18). The molecule has 0 spiro atoms. The lowest BCUT2D eigenvalue weighted by atomic mass is 10.2.